The van der Waals surface area contributed by atoms with Crippen molar-refractivity contribution in [2.75, 3.05) is 0 Å². The normalized spacial score (nSPS) is 28.6. The van der Waals surface area contributed by atoms with Gasteiger partial charge in [0.15, 0.2) is 0 Å². The van der Waals surface area contributed by atoms with Crippen LogP contribution in [0.1, 0.15) is 38.5 Å². The first kappa shape index (κ1) is 11.0. The molecule has 1 aliphatic rings. The Morgan fingerprint density at radius 1 is 0.429 bits per heavy atom. The summed E-state index contributed by atoms with van der Waals surface area (Å²) in [5.74, 6) is 0. The maximum Gasteiger partial charge on any atom is -0.0313 e. The van der Waals surface area contributed by atoms with Gasteiger partial charge in [0, 0.05) is 0 Å². The van der Waals surface area contributed by atoms with Gasteiger partial charge in [0.1, 0.15) is 0 Å². The smallest absolute Gasteiger partial charge is 0.0313 e. The molecule has 0 N–H and O–H groups in total. The van der Waals surface area contributed by atoms with Crippen molar-refractivity contribution < 1.29 is 0 Å². The standard InChI is InChI=1S/C14H20/c1-2-4-6-8-10-12-14-13-11-9-7-5-3-1/h1-6,11,13H,7-10,12,14H2/b2-1-,5-3+,6-4+,13-11+. The fourth-order valence-electron chi connectivity index (χ4n) is 1.43. The maximum absolute atomic E-state index is 2.32. The molecule has 0 unspecified atom stereocenters. The van der Waals surface area contributed by atoms with E-state index in [9.17, 15) is 0 Å². The molecule has 1 rings (SSSR count). The van der Waals surface area contributed by atoms with E-state index in [1.54, 1.807) is 0 Å². The molecule has 0 aromatic carbocycles. The van der Waals surface area contributed by atoms with Crippen molar-refractivity contribution in [2.24, 2.45) is 0 Å². The average Bonchev–Trinajstić information content (AvgIpc) is 2.22. The number of hydrogen-bond donors (Lipinski definition) is 0. The fraction of sp³-hybridized carbons (Fsp3) is 0.429. The molecule has 14 heavy (non-hydrogen) atoms. The molecular formula is C14H20. The Bertz CT molecular complexity index is 228. The molecule has 0 amide bonds. The number of rotatable bonds is 0. The predicted octanol–water partition coefficient (Wildman–Crippen LogP) is 4.57. The highest BCUT2D eigenvalue weighted by Crippen LogP contribution is 2.03. The summed E-state index contributed by atoms with van der Waals surface area (Å²) in [6.07, 6.45) is 25.0. The second-order valence-corrected chi connectivity index (χ2v) is 3.57. The molecule has 0 spiro atoms. The van der Waals surface area contributed by atoms with Gasteiger partial charge in [-0.3, -0.25) is 0 Å². The lowest BCUT2D eigenvalue weighted by atomic mass is 10.1. The van der Waals surface area contributed by atoms with Crippen molar-refractivity contribution in [3.05, 3.63) is 48.6 Å². The minimum atomic E-state index is 1.16. The number of hydrogen-bond acceptors (Lipinski definition) is 0. The van der Waals surface area contributed by atoms with Crippen molar-refractivity contribution in [1.29, 1.82) is 0 Å². The van der Waals surface area contributed by atoms with Gasteiger partial charge in [-0.2, -0.15) is 0 Å². The highest BCUT2D eigenvalue weighted by atomic mass is 13.9. The molecular weight excluding hydrogens is 168 g/mol. The van der Waals surface area contributed by atoms with Gasteiger partial charge in [-0.25, -0.2) is 0 Å². The van der Waals surface area contributed by atoms with E-state index in [4.69, 9.17) is 0 Å². The van der Waals surface area contributed by atoms with E-state index in [1.807, 2.05) is 0 Å². The Labute approximate surface area is 87.7 Å². The van der Waals surface area contributed by atoms with E-state index in [0.29, 0.717) is 0 Å². The van der Waals surface area contributed by atoms with Crippen molar-refractivity contribution in [3.8, 4) is 0 Å². The summed E-state index contributed by atoms with van der Waals surface area (Å²) in [5, 5.41) is 0. The van der Waals surface area contributed by atoms with Gasteiger partial charge in [0.2, 0.25) is 0 Å². The van der Waals surface area contributed by atoms with E-state index >= 15 is 0 Å². The van der Waals surface area contributed by atoms with Gasteiger partial charge >= 0.3 is 0 Å². The minimum absolute atomic E-state index is 1.16. The zero-order valence-corrected chi connectivity index (χ0v) is 8.86. The lowest BCUT2D eigenvalue weighted by molar-refractivity contribution is 0.760. The van der Waals surface area contributed by atoms with Crippen molar-refractivity contribution in [1.82, 2.24) is 0 Å². The molecule has 0 heteroatoms. The van der Waals surface area contributed by atoms with Crippen LogP contribution in [0.3, 0.4) is 0 Å². The van der Waals surface area contributed by atoms with Gasteiger partial charge < -0.3 is 0 Å². The lowest BCUT2D eigenvalue weighted by Crippen LogP contribution is -1.73. The molecule has 0 fully saturated rings. The summed E-state index contributed by atoms with van der Waals surface area (Å²) < 4.78 is 0. The molecule has 0 atom stereocenters. The predicted molar refractivity (Wildman–Crippen MR) is 64.3 cm³/mol. The largest absolute Gasteiger partial charge is 0.0885 e. The molecule has 0 heterocycles. The molecule has 0 saturated carbocycles. The SMILES string of the molecule is C1=C\C=C\CCCC/C=C/CC/C=C/1. The fourth-order valence-corrected chi connectivity index (χ4v) is 1.43. The van der Waals surface area contributed by atoms with E-state index in [-0.39, 0.29) is 0 Å². The molecule has 1 aliphatic carbocycles. The van der Waals surface area contributed by atoms with Crippen LogP contribution in [-0.4, -0.2) is 0 Å². The van der Waals surface area contributed by atoms with Crippen LogP contribution in [0.25, 0.3) is 0 Å². The monoisotopic (exact) mass is 188 g/mol. The van der Waals surface area contributed by atoms with Crippen molar-refractivity contribution >= 4 is 0 Å². The Hall–Kier alpha value is -1.04. The second kappa shape index (κ2) is 8.55. The Morgan fingerprint density at radius 3 is 1.71 bits per heavy atom. The molecule has 0 aromatic rings. The van der Waals surface area contributed by atoms with Crippen molar-refractivity contribution in [3.63, 3.8) is 0 Å². The second-order valence-electron chi connectivity index (χ2n) is 3.57. The summed E-state index contributed by atoms with van der Waals surface area (Å²) in [6, 6.07) is 0. The summed E-state index contributed by atoms with van der Waals surface area (Å²) in [7, 11) is 0. The maximum atomic E-state index is 2.32. The quantitative estimate of drug-likeness (QED) is 0.489. The van der Waals surface area contributed by atoms with Crippen LogP contribution < -0.4 is 0 Å². The third kappa shape index (κ3) is 6.47. The summed E-state index contributed by atoms with van der Waals surface area (Å²) in [6.45, 7) is 0. The van der Waals surface area contributed by atoms with Gasteiger partial charge in [-0.15, -0.1) is 0 Å². The van der Waals surface area contributed by atoms with Crippen LogP contribution >= 0.6 is 0 Å². The first-order valence-electron chi connectivity index (χ1n) is 5.63. The third-order valence-corrected chi connectivity index (χ3v) is 2.26. The summed E-state index contributed by atoms with van der Waals surface area (Å²) >= 11 is 0. The lowest BCUT2D eigenvalue weighted by Gasteiger charge is -1.93. The van der Waals surface area contributed by atoms with Crippen LogP contribution in [-0.2, 0) is 0 Å². The van der Waals surface area contributed by atoms with Gasteiger partial charge in [-0.1, -0.05) is 48.6 Å². The average molecular weight is 188 g/mol. The highest BCUT2D eigenvalue weighted by Gasteiger charge is 1.83. The molecule has 0 saturated heterocycles. The van der Waals surface area contributed by atoms with Crippen LogP contribution in [0.2, 0.25) is 0 Å². The van der Waals surface area contributed by atoms with E-state index < -0.39 is 0 Å². The summed E-state index contributed by atoms with van der Waals surface area (Å²) in [5.41, 5.74) is 0. The van der Waals surface area contributed by atoms with E-state index in [0.717, 1.165) is 6.42 Å². The summed E-state index contributed by atoms with van der Waals surface area (Å²) in [4.78, 5) is 0. The first-order chi connectivity index (χ1) is 7.00. The molecule has 0 aromatic heterocycles. The Balaban J connectivity index is 2.35. The molecule has 76 valence electrons. The van der Waals surface area contributed by atoms with Crippen molar-refractivity contribution in [2.45, 2.75) is 38.5 Å². The first-order valence-corrected chi connectivity index (χ1v) is 5.63. The number of allylic oxidation sites excluding steroid dienone is 8. The van der Waals surface area contributed by atoms with E-state index in [1.165, 1.54) is 32.1 Å². The van der Waals surface area contributed by atoms with Gasteiger partial charge in [-0.05, 0) is 38.5 Å². The van der Waals surface area contributed by atoms with Crippen LogP contribution in [0.4, 0.5) is 0 Å². The molecule has 0 bridgehead atoms. The Morgan fingerprint density at radius 2 is 0.929 bits per heavy atom. The van der Waals surface area contributed by atoms with Crippen LogP contribution in [0.15, 0.2) is 48.6 Å². The zero-order valence-electron chi connectivity index (χ0n) is 8.86. The molecule has 0 aliphatic heterocycles. The Kier molecular flexibility index (Phi) is 6.74. The minimum Gasteiger partial charge on any atom is -0.0885 e. The zero-order chi connectivity index (χ0) is 9.90. The van der Waals surface area contributed by atoms with Crippen LogP contribution in [0, 0.1) is 0 Å². The molecule has 0 radical (unpaired) electrons. The third-order valence-electron chi connectivity index (χ3n) is 2.26. The topological polar surface area (TPSA) is 0 Å². The van der Waals surface area contributed by atoms with Gasteiger partial charge in [0.05, 0.1) is 0 Å². The van der Waals surface area contributed by atoms with Gasteiger partial charge in [0.25, 0.3) is 0 Å². The highest BCUT2D eigenvalue weighted by molar-refractivity contribution is 5.11. The molecule has 0 nitrogen and oxygen atoms in total. The van der Waals surface area contributed by atoms with Crippen LogP contribution in [0.5, 0.6) is 0 Å². The van der Waals surface area contributed by atoms with E-state index in [2.05, 4.69) is 48.6 Å².